The monoisotopic (exact) mass is 457 g/mol. The lowest BCUT2D eigenvalue weighted by Gasteiger charge is -2.31. The first-order valence-electron chi connectivity index (χ1n) is 10.9. The maximum Gasteiger partial charge on any atom is 0.357 e. The van der Waals surface area contributed by atoms with E-state index < -0.39 is 12.1 Å². The van der Waals surface area contributed by atoms with Crippen LogP contribution in [0.25, 0.3) is 16.3 Å². The van der Waals surface area contributed by atoms with E-state index in [2.05, 4.69) is 5.10 Å². The van der Waals surface area contributed by atoms with Crippen LogP contribution in [0.1, 0.15) is 29.4 Å². The van der Waals surface area contributed by atoms with Crippen LogP contribution >= 0.6 is 11.3 Å². The predicted molar refractivity (Wildman–Crippen MR) is 129 cm³/mol. The summed E-state index contributed by atoms with van der Waals surface area (Å²) in [5.74, 6) is -0.805. The van der Waals surface area contributed by atoms with Crippen molar-refractivity contribution in [3.8, 4) is 16.3 Å². The van der Waals surface area contributed by atoms with Crippen molar-refractivity contribution in [1.82, 2.24) is 9.78 Å². The summed E-state index contributed by atoms with van der Waals surface area (Å²) in [6.45, 7) is 2.24. The number of esters is 1. The molecule has 0 spiro atoms. The molecule has 0 aliphatic carbocycles. The van der Waals surface area contributed by atoms with Gasteiger partial charge in [0, 0.05) is 18.3 Å². The van der Waals surface area contributed by atoms with E-state index in [1.165, 1.54) is 0 Å². The van der Waals surface area contributed by atoms with E-state index in [-0.39, 0.29) is 11.6 Å². The average Bonchev–Trinajstić information content (AvgIpc) is 3.54. The lowest BCUT2D eigenvalue weighted by molar-refractivity contribution is -0.126. The predicted octanol–water partition coefficient (Wildman–Crippen LogP) is 5.13. The van der Waals surface area contributed by atoms with Crippen molar-refractivity contribution in [3.05, 3.63) is 89.4 Å². The van der Waals surface area contributed by atoms with E-state index >= 15 is 0 Å². The lowest BCUT2D eigenvalue weighted by atomic mass is 10.0. The summed E-state index contributed by atoms with van der Waals surface area (Å²) in [5.41, 5.74) is 3.74. The van der Waals surface area contributed by atoms with E-state index in [1.54, 1.807) is 33.9 Å². The van der Waals surface area contributed by atoms with Gasteiger partial charge in [0.25, 0.3) is 5.91 Å². The summed E-state index contributed by atoms with van der Waals surface area (Å²) in [6, 6.07) is 22.9. The van der Waals surface area contributed by atoms with E-state index in [9.17, 15) is 9.59 Å². The molecule has 7 heteroatoms. The SMILES string of the molecule is CC(OC(=O)c1cc(-c2cccs2)nn1-c1ccccc1)C(=O)N1CCCc2ccccc21. The molecule has 0 N–H and O–H groups in total. The largest absolute Gasteiger partial charge is 0.448 e. The average molecular weight is 458 g/mol. The van der Waals surface area contributed by atoms with Crippen LogP contribution in [-0.2, 0) is 16.0 Å². The van der Waals surface area contributed by atoms with Crippen LogP contribution in [0.5, 0.6) is 0 Å². The number of hydrogen-bond donors (Lipinski definition) is 0. The summed E-state index contributed by atoms with van der Waals surface area (Å²) >= 11 is 1.55. The number of benzene rings is 2. The van der Waals surface area contributed by atoms with Crippen molar-refractivity contribution < 1.29 is 14.3 Å². The molecule has 0 saturated carbocycles. The molecule has 2 aromatic heterocycles. The zero-order chi connectivity index (χ0) is 22.8. The molecule has 3 heterocycles. The quantitative estimate of drug-likeness (QED) is 0.390. The van der Waals surface area contributed by atoms with Gasteiger partial charge in [-0.2, -0.15) is 5.10 Å². The molecule has 0 fully saturated rings. The lowest BCUT2D eigenvalue weighted by Crippen LogP contribution is -2.42. The Bertz CT molecular complexity index is 1280. The Kier molecular flexibility index (Phi) is 5.79. The molecule has 0 saturated heterocycles. The zero-order valence-electron chi connectivity index (χ0n) is 18.2. The maximum absolute atomic E-state index is 13.2. The number of aryl methyl sites for hydroxylation is 1. The number of thiophene rings is 1. The Morgan fingerprint density at radius 2 is 1.82 bits per heavy atom. The molecule has 1 amide bonds. The smallest absolute Gasteiger partial charge is 0.357 e. The Balaban J connectivity index is 1.41. The van der Waals surface area contributed by atoms with Crippen LogP contribution in [0.4, 0.5) is 5.69 Å². The van der Waals surface area contributed by atoms with Gasteiger partial charge in [0.15, 0.2) is 11.8 Å². The van der Waals surface area contributed by atoms with Gasteiger partial charge < -0.3 is 9.64 Å². The van der Waals surface area contributed by atoms with Gasteiger partial charge in [-0.25, -0.2) is 9.48 Å². The van der Waals surface area contributed by atoms with E-state index in [1.807, 2.05) is 72.1 Å². The van der Waals surface area contributed by atoms with Gasteiger partial charge >= 0.3 is 5.97 Å². The van der Waals surface area contributed by atoms with Crippen LogP contribution in [0.3, 0.4) is 0 Å². The molecule has 5 rings (SSSR count). The summed E-state index contributed by atoms with van der Waals surface area (Å²) in [6.07, 6.45) is 0.900. The Hall–Kier alpha value is -3.71. The molecule has 1 aliphatic rings. The number of anilines is 1. The third-order valence-electron chi connectivity index (χ3n) is 5.70. The Morgan fingerprint density at radius 1 is 1.03 bits per heavy atom. The molecular weight excluding hydrogens is 434 g/mol. The molecule has 1 unspecified atom stereocenters. The number of carbonyl (C=O) groups excluding carboxylic acids is 2. The number of fused-ring (bicyclic) bond motifs is 1. The molecule has 6 nitrogen and oxygen atoms in total. The first-order chi connectivity index (χ1) is 16.1. The number of para-hydroxylation sites is 2. The summed E-state index contributed by atoms with van der Waals surface area (Å²) in [7, 11) is 0. The maximum atomic E-state index is 13.2. The van der Waals surface area contributed by atoms with Gasteiger partial charge in [-0.3, -0.25) is 4.79 Å². The minimum absolute atomic E-state index is 0.222. The van der Waals surface area contributed by atoms with Crippen molar-refractivity contribution in [3.63, 3.8) is 0 Å². The zero-order valence-corrected chi connectivity index (χ0v) is 19.0. The number of hydrogen-bond acceptors (Lipinski definition) is 5. The number of ether oxygens (including phenoxy) is 1. The fraction of sp³-hybridized carbons (Fsp3) is 0.192. The van der Waals surface area contributed by atoms with E-state index in [0.29, 0.717) is 12.2 Å². The second kappa shape index (κ2) is 9.03. The highest BCUT2D eigenvalue weighted by Gasteiger charge is 2.30. The van der Waals surface area contributed by atoms with Crippen molar-refractivity contribution in [2.75, 3.05) is 11.4 Å². The summed E-state index contributed by atoms with van der Waals surface area (Å²) in [5, 5.41) is 6.61. The molecule has 2 aromatic carbocycles. The first kappa shape index (κ1) is 21.2. The van der Waals surface area contributed by atoms with Crippen molar-refractivity contribution >= 4 is 28.9 Å². The number of rotatable bonds is 5. The molecule has 0 bridgehead atoms. The molecule has 1 atom stereocenters. The molecule has 4 aromatic rings. The fourth-order valence-corrected chi connectivity index (χ4v) is 4.77. The number of amides is 1. The van der Waals surface area contributed by atoms with Crippen LogP contribution < -0.4 is 4.90 Å². The second-order valence-electron chi connectivity index (χ2n) is 7.91. The van der Waals surface area contributed by atoms with Gasteiger partial charge in [-0.1, -0.05) is 42.5 Å². The van der Waals surface area contributed by atoms with Crippen LogP contribution in [0.15, 0.2) is 78.2 Å². The van der Waals surface area contributed by atoms with Gasteiger partial charge in [0.1, 0.15) is 5.69 Å². The summed E-state index contributed by atoms with van der Waals surface area (Å²) < 4.78 is 7.25. The second-order valence-corrected chi connectivity index (χ2v) is 8.86. The fourth-order valence-electron chi connectivity index (χ4n) is 4.09. The molecule has 33 heavy (non-hydrogen) atoms. The minimum Gasteiger partial charge on any atom is -0.448 e. The van der Waals surface area contributed by atoms with Crippen molar-refractivity contribution in [1.29, 1.82) is 0 Å². The molecule has 166 valence electrons. The molecule has 0 radical (unpaired) electrons. The normalized spacial score (nSPS) is 13.9. The van der Waals surface area contributed by atoms with Crippen molar-refractivity contribution in [2.24, 2.45) is 0 Å². The highest BCUT2D eigenvalue weighted by atomic mass is 32.1. The summed E-state index contributed by atoms with van der Waals surface area (Å²) in [4.78, 5) is 29.1. The van der Waals surface area contributed by atoms with Gasteiger partial charge in [0.2, 0.25) is 0 Å². The van der Waals surface area contributed by atoms with E-state index in [4.69, 9.17) is 4.74 Å². The van der Waals surface area contributed by atoms with Gasteiger partial charge in [0.05, 0.1) is 10.6 Å². The number of carbonyl (C=O) groups is 2. The third kappa shape index (κ3) is 4.19. The van der Waals surface area contributed by atoms with E-state index in [0.717, 1.165) is 34.7 Å². The number of aromatic nitrogens is 2. The molecular formula is C26H23N3O3S. The van der Waals surface area contributed by atoms with Crippen LogP contribution in [-0.4, -0.2) is 34.3 Å². The first-order valence-corrected chi connectivity index (χ1v) is 11.8. The standard InChI is InChI=1S/C26H23N3O3S/c1-18(25(30)28-15-7-10-19-9-5-6-13-22(19)28)32-26(31)23-17-21(24-14-8-16-33-24)27-29(23)20-11-3-2-4-12-20/h2-6,8-9,11-14,16-18H,7,10,15H2,1H3. The Labute approximate surface area is 196 Å². The topological polar surface area (TPSA) is 64.4 Å². The van der Waals surface area contributed by atoms with Gasteiger partial charge in [-0.05, 0) is 55.0 Å². The van der Waals surface area contributed by atoms with Crippen LogP contribution in [0, 0.1) is 0 Å². The van der Waals surface area contributed by atoms with Crippen molar-refractivity contribution in [2.45, 2.75) is 25.9 Å². The van der Waals surface area contributed by atoms with Crippen LogP contribution in [0.2, 0.25) is 0 Å². The molecule has 1 aliphatic heterocycles. The third-order valence-corrected chi connectivity index (χ3v) is 6.59. The van der Waals surface area contributed by atoms with Gasteiger partial charge in [-0.15, -0.1) is 11.3 Å². The minimum atomic E-state index is -0.923. The highest BCUT2D eigenvalue weighted by molar-refractivity contribution is 7.13. The number of nitrogens with zero attached hydrogens (tertiary/aromatic N) is 3. The Morgan fingerprint density at radius 3 is 2.61 bits per heavy atom. The highest BCUT2D eigenvalue weighted by Crippen LogP contribution is 2.29.